The fraction of sp³-hybridized carbons (Fsp3) is 0. The molecule has 0 aliphatic rings. The van der Waals surface area contributed by atoms with Crippen molar-refractivity contribution in [1.29, 1.82) is 0 Å². The summed E-state index contributed by atoms with van der Waals surface area (Å²) < 4.78 is 27.7. The molecule has 0 aliphatic carbocycles. The SMILES string of the molecule is Fc1cnc(Cl)nc1-c1cccc(-c2ccccc2)c1.NN.NNc1ncc(F)c(-c2cncc(-c3ccccc3)c2)n1. The van der Waals surface area contributed by atoms with Gasteiger partial charge in [0.2, 0.25) is 11.2 Å². The van der Waals surface area contributed by atoms with Gasteiger partial charge in [-0.2, -0.15) is 0 Å². The molecule has 0 radical (unpaired) electrons. The zero-order valence-corrected chi connectivity index (χ0v) is 23.3. The Hall–Kier alpha value is -5.20. The lowest BCUT2D eigenvalue weighted by Crippen LogP contribution is -2.11. The molecule has 3 aromatic carbocycles. The molecular weight excluding hydrogens is 572 g/mol. The molecular formula is C31H26ClF2N9. The van der Waals surface area contributed by atoms with Crippen LogP contribution in [0.4, 0.5) is 14.7 Å². The number of aromatic nitrogens is 5. The summed E-state index contributed by atoms with van der Waals surface area (Å²) in [6.07, 6.45) is 5.44. The summed E-state index contributed by atoms with van der Waals surface area (Å²) >= 11 is 5.73. The fourth-order valence-electron chi connectivity index (χ4n) is 4.02. The number of nitrogens with one attached hydrogen (secondary N) is 1. The van der Waals surface area contributed by atoms with E-state index >= 15 is 0 Å². The second-order valence-electron chi connectivity index (χ2n) is 8.65. The van der Waals surface area contributed by atoms with Gasteiger partial charge < -0.3 is 0 Å². The maximum absolute atomic E-state index is 13.9. The lowest BCUT2D eigenvalue weighted by Gasteiger charge is -2.07. The highest BCUT2D eigenvalue weighted by Gasteiger charge is 2.11. The zero-order valence-electron chi connectivity index (χ0n) is 22.6. The number of hydrogen-bond donors (Lipinski definition) is 4. The van der Waals surface area contributed by atoms with Gasteiger partial charge in [-0.05, 0) is 40.4 Å². The summed E-state index contributed by atoms with van der Waals surface area (Å²) in [4.78, 5) is 19.5. The van der Waals surface area contributed by atoms with Crippen LogP contribution in [-0.2, 0) is 0 Å². The lowest BCUT2D eigenvalue weighted by molar-refractivity contribution is 0.618. The van der Waals surface area contributed by atoms with Gasteiger partial charge in [0.1, 0.15) is 11.4 Å². The topological polar surface area (TPSA) is 155 Å². The van der Waals surface area contributed by atoms with Gasteiger partial charge in [0.15, 0.2) is 11.6 Å². The van der Waals surface area contributed by atoms with Crippen molar-refractivity contribution in [3.8, 4) is 44.8 Å². The number of rotatable bonds is 5. The van der Waals surface area contributed by atoms with E-state index in [1.54, 1.807) is 18.5 Å². The molecule has 0 atom stereocenters. The molecule has 3 aromatic heterocycles. The largest absolute Gasteiger partial charge is 0.292 e. The molecule has 0 unspecified atom stereocenters. The van der Waals surface area contributed by atoms with E-state index in [4.69, 9.17) is 17.4 Å². The smallest absolute Gasteiger partial charge is 0.237 e. The highest BCUT2D eigenvalue weighted by atomic mass is 35.5. The molecule has 0 bridgehead atoms. The molecule has 0 fully saturated rings. The van der Waals surface area contributed by atoms with E-state index in [0.29, 0.717) is 11.1 Å². The Morgan fingerprint density at radius 3 is 1.72 bits per heavy atom. The Labute approximate surface area is 251 Å². The number of hydrazine groups is 2. The maximum atomic E-state index is 13.9. The van der Waals surface area contributed by atoms with Crippen LogP contribution in [0.3, 0.4) is 0 Å². The number of pyridine rings is 1. The van der Waals surface area contributed by atoms with E-state index in [-0.39, 0.29) is 22.6 Å². The van der Waals surface area contributed by atoms with Gasteiger partial charge in [-0.15, -0.1) is 0 Å². The van der Waals surface area contributed by atoms with Crippen LogP contribution in [0.25, 0.3) is 44.8 Å². The summed E-state index contributed by atoms with van der Waals surface area (Å²) in [5.41, 5.74) is 7.85. The lowest BCUT2D eigenvalue weighted by atomic mass is 10.0. The van der Waals surface area contributed by atoms with Crippen molar-refractivity contribution < 1.29 is 8.78 Å². The van der Waals surface area contributed by atoms with Crippen LogP contribution in [-0.4, -0.2) is 24.9 Å². The van der Waals surface area contributed by atoms with Crippen LogP contribution in [0.2, 0.25) is 5.28 Å². The van der Waals surface area contributed by atoms with Crippen LogP contribution in [0.5, 0.6) is 0 Å². The Kier molecular flexibility index (Phi) is 10.8. The molecule has 6 aromatic rings. The van der Waals surface area contributed by atoms with E-state index in [9.17, 15) is 8.78 Å². The van der Waals surface area contributed by atoms with Crippen LogP contribution >= 0.6 is 11.6 Å². The first kappa shape index (κ1) is 30.8. The zero-order chi connectivity index (χ0) is 30.6. The van der Waals surface area contributed by atoms with Gasteiger partial charge in [0.25, 0.3) is 0 Å². The molecule has 0 aliphatic heterocycles. The number of nitrogens with zero attached hydrogens (tertiary/aromatic N) is 5. The van der Waals surface area contributed by atoms with E-state index in [1.165, 1.54) is 0 Å². The number of halogens is 3. The van der Waals surface area contributed by atoms with Crippen molar-refractivity contribution in [2.75, 3.05) is 5.43 Å². The number of anilines is 1. The van der Waals surface area contributed by atoms with Crippen molar-refractivity contribution in [3.05, 3.63) is 133 Å². The third-order valence-corrected chi connectivity index (χ3v) is 6.13. The van der Waals surface area contributed by atoms with E-state index in [1.807, 2.05) is 84.9 Å². The first-order valence-corrected chi connectivity index (χ1v) is 13.1. The average molecular weight is 598 g/mol. The second kappa shape index (κ2) is 15.1. The predicted octanol–water partition coefficient (Wildman–Crippen LogP) is 6.05. The molecule has 6 rings (SSSR count). The molecule has 7 N–H and O–H groups in total. The quantitative estimate of drug-likeness (QED) is 0.105. The summed E-state index contributed by atoms with van der Waals surface area (Å²) in [6, 6.07) is 29.0. The normalized spacial score (nSPS) is 10.1. The third-order valence-electron chi connectivity index (χ3n) is 5.95. The van der Waals surface area contributed by atoms with Crippen LogP contribution in [0.1, 0.15) is 0 Å². The van der Waals surface area contributed by atoms with Crippen LogP contribution in [0.15, 0.2) is 116 Å². The summed E-state index contributed by atoms with van der Waals surface area (Å²) in [7, 11) is 0. The monoisotopic (exact) mass is 597 g/mol. The predicted molar refractivity (Wildman–Crippen MR) is 165 cm³/mol. The highest BCUT2D eigenvalue weighted by molar-refractivity contribution is 6.28. The minimum Gasteiger partial charge on any atom is -0.292 e. The minimum atomic E-state index is -0.527. The Bertz CT molecular complexity index is 1780. The molecule has 43 heavy (non-hydrogen) atoms. The Balaban J connectivity index is 0.000000186. The van der Waals surface area contributed by atoms with Crippen molar-refractivity contribution in [3.63, 3.8) is 0 Å². The van der Waals surface area contributed by atoms with Crippen molar-refractivity contribution >= 4 is 17.5 Å². The van der Waals surface area contributed by atoms with E-state index in [2.05, 4.69) is 42.0 Å². The number of nitrogen functional groups attached to an aromatic ring is 1. The Morgan fingerprint density at radius 1 is 0.558 bits per heavy atom. The molecule has 12 heteroatoms. The third kappa shape index (κ3) is 7.97. The van der Waals surface area contributed by atoms with E-state index in [0.717, 1.165) is 34.6 Å². The van der Waals surface area contributed by atoms with Gasteiger partial charge in [-0.3, -0.25) is 22.1 Å². The standard InChI is InChI=1S/C16H10ClFN2.C15H12FN5.H4N2/c17-16-19-10-14(18)15(20-16)13-8-4-7-12(9-13)11-5-2-1-3-6-11;16-13-9-19-15(21-17)20-14(13)12-6-11(7-18-8-12)10-4-2-1-3-5-10;1-2/h1-10H;1-9H,17H2,(H,19,20,21);1-2H2. The first-order chi connectivity index (χ1) is 21.0. The molecule has 0 amide bonds. The number of benzene rings is 3. The number of nitrogens with two attached hydrogens (primary N) is 3. The average Bonchev–Trinajstić information content (AvgIpc) is 3.08. The minimum absolute atomic E-state index is 0.0338. The van der Waals surface area contributed by atoms with E-state index < -0.39 is 11.6 Å². The van der Waals surface area contributed by atoms with Gasteiger partial charge in [-0.1, -0.05) is 78.9 Å². The fourth-order valence-corrected chi connectivity index (χ4v) is 4.16. The summed E-state index contributed by atoms with van der Waals surface area (Å²) in [6.45, 7) is 0. The van der Waals surface area contributed by atoms with Gasteiger partial charge in [0.05, 0.1) is 12.4 Å². The van der Waals surface area contributed by atoms with Gasteiger partial charge in [0, 0.05) is 29.1 Å². The van der Waals surface area contributed by atoms with Gasteiger partial charge in [-0.25, -0.2) is 34.6 Å². The summed E-state index contributed by atoms with van der Waals surface area (Å²) in [5.74, 6) is 12.4. The molecule has 0 saturated heterocycles. The first-order valence-electron chi connectivity index (χ1n) is 12.7. The molecule has 216 valence electrons. The second-order valence-corrected chi connectivity index (χ2v) is 8.98. The van der Waals surface area contributed by atoms with Crippen LogP contribution in [0, 0.1) is 11.6 Å². The number of hydrogen-bond acceptors (Lipinski definition) is 9. The molecule has 3 heterocycles. The summed E-state index contributed by atoms with van der Waals surface area (Å²) in [5, 5.41) is 0.0338. The molecule has 0 spiro atoms. The maximum Gasteiger partial charge on any atom is 0.237 e. The van der Waals surface area contributed by atoms with Gasteiger partial charge >= 0.3 is 0 Å². The van der Waals surface area contributed by atoms with Crippen molar-refractivity contribution in [1.82, 2.24) is 24.9 Å². The highest BCUT2D eigenvalue weighted by Crippen LogP contribution is 2.28. The molecule has 0 saturated carbocycles. The Morgan fingerprint density at radius 2 is 1.07 bits per heavy atom. The van der Waals surface area contributed by atoms with Crippen molar-refractivity contribution in [2.45, 2.75) is 0 Å². The van der Waals surface area contributed by atoms with Crippen LogP contribution < -0.4 is 23.0 Å². The van der Waals surface area contributed by atoms with Crippen molar-refractivity contribution in [2.24, 2.45) is 17.5 Å². The molecule has 9 nitrogen and oxygen atoms in total.